The predicted octanol–water partition coefficient (Wildman–Crippen LogP) is 2.08. The summed E-state index contributed by atoms with van der Waals surface area (Å²) in [6, 6.07) is 4.06. The van der Waals surface area contributed by atoms with Crippen molar-refractivity contribution in [3.63, 3.8) is 0 Å². The minimum atomic E-state index is -0.667. The second-order valence-electron chi connectivity index (χ2n) is 3.82. The lowest BCUT2D eigenvalue weighted by molar-refractivity contribution is 0.0764. The largest absolute Gasteiger partial charge is 0.409 e. The fraction of sp³-hybridized carbons (Fsp3) is 0.333. The fourth-order valence-corrected chi connectivity index (χ4v) is 1.81. The van der Waals surface area contributed by atoms with Crippen LogP contribution < -0.4 is 5.73 Å². The van der Waals surface area contributed by atoms with Gasteiger partial charge in [-0.15, -0.1) is 0 Å². The van der Waals surface area contributed by atoms with E-state index in [4.69, 9.17) is 22.5 Å². The number of carbonyl (C=O) groups excluding carboxylic acids is 1. The van der Waals surface area contributed by atoms with Crippen LogP contribution in [0.1, 0.15) is 23.7 Å². The number of amides is 1. The summed E-state index contributed by atoms with van der Waals surface area (Å²) in [5.74, 6) is -1.18. The molecule has 0 aliphatic rings. The Hall–Kier alpha value is -1.82. The van der Waals surface area contributed by atoms with E-state index in [2.05, 4.69) is 5.16 Å². The van der Waals surface area contributed by atoms with Gasteiger partial charge in [-0.25, -0.2) is 4.39 Å². The SMILES string of the molecule is CCN(CC/C(N)=N/O)C(=O)c1c(F)cccc1Cl. The quantitative estimate of drug-likeness (QED) is 0.377. The predicted molar refractivity (Wildman–Crippen MR) is 71.0 cm³/mol. The average molecular weight is 288 g/mol. The third-order valence-corrected chi connectivity index (χ3v) is 2.93. The number of rotatable bonds is 5. The van der Waals surface area contributed by atoms with Gasteiger partial charge >= 0.3 is 0 Å². The zero-order chi connectivity index (χ0) is 14.4. The highest BCUT2D eigenvalue weighted by Gasteiger charge is 2.21. The van der Waals surface area contributed by atoms with Gasteiger partial charge in [-0.1, -0.05) is 22.8 Å². The summed E-state index contributed by atoms with van der Waals surface area (Å²) in [7, 11) is 0. The van der Waals surface area contributed by atoms with Crippen molar-refractivity contribution in [3.8, 4) is 0 Å². The summed E-state index contributed by atoms with van der Waals surface area (Å²) in [6.45, 7) is 2.33. The van der Waals surface area contributed by atoms with Crippen molar-refractivity contribution in [1.82, 2.24) is 4.90 Å². The average Bonchev–Trinajstić information content (AvgIpc) is 2.38. The van der Waals surface area contributed by atoms with Crippen LogP contribution in [0.15, 0.2) is 23.4 Å². The van der Waals surface area contributed by atoms with Gasteiger partial charge in [-0.3, -0.25) is 4.79 Å². The van der Waals surface area contributed by atoms with E-state index in [0.29, 0.717) is 6.54 Å². The van der Waals surface area contributed by atoms with Crippen LogP contribution in [0, 0.1) is 5.82 Å². The Morgan fingerprint density at radius 2 is 2.26 bits per heavy atom. The van der Waals surface area contributed by atoms with Gasteiger partial charge in [0.15, 0.2) is 0 Å². The molecule has 0 fully saturated rings. The maximum atomic E-state index is 13.6. The number of amidine groups is 1. The van der Waals surface area contributed by atoms with Crippen LogP contribution in [-0.4, -0.2) is 34.9 Å². The highest BCUT2D eigenvalue weighted by atomic mass is 35.5. The minimum Gasteiger partial charge on any atom is -0.409 e. The summed E-state index contributed by atoms with van der Waals surface area (Å²) < 4.78 is 13.6. The molecule has 5 nitrogen and oxygen atoms in total. The molecule has 0 radical (unpaired) electrons. The standard InChI is InChI=1S/C12H15ClFN3O2/c1-2-17(7-6-10(15)16-19)12(18)11-8(13)4-3-5-9(11)14/h3-5,19H,2,6-7H2,1H3,(H2,15,16). The van der Waals surface area contributed by atoms with Crippen LogP contribution in [0.4, 0.5) is 4.39 Å². The van der Waals surface area contributed by atoms with Crippen molar-refractivity contribution in [3.05, 3.63) is 34.6 Å². The Balaban J connectivity index is 2.90. The molecule has 104 valence electrons. The van der Waals surface area contributed by atoms with Gasteiger partial charge in [-0.05, 0) is 19.1 Å². The molecule has 0 aliphatic carbocycles. The van der Waals surface area contributed by atoms with Crippen molar-refractivity contribution in [2.24, 2.45) is 10.9 Å². The van der Waals surface area contributed by atoms with Crippen molar-refractivity contribution in [1.29, 1.82) is 0 Å². The smallest absolute Gasteiger partial charge is 0.258 e. The van der Waals surface area contributed by atoms with Crippen LogP contribution in [0.25, 0.3) is 0 Å². The van der Waals surface area contributed by atoms with Gasteiger partial charge in [0.2, 0.25) is 0 Å². The van der Waals surface area contributed by atoms with Crippen molar-refractivity contribution >= 4 is 23.3 Å². The van der Waals surface area contributed by atoms with E-state index in [1.165, 1.54) is 23.1 Å². The van der Waals surface area contributed by atoms with E-state index >= 15 is 0 Å². The molecule has 1 aromatic rings. The molecule has 1 rings (SSSR count). The third-order valence-electron chi connectivity index (χ3n) is 2.61. The van der Waals surface area contributed by atoms with Gasteiger partial charge in [0.25, 0.3) is 5.91 Å². The summed E-state index contributed by atoms with van der Waals surface area (Å²) >= 11 is 5.84. The zero-order valence-electron chi connectivity index (χ0n) is 10.4. The first-order valence-electron chi connectivity index (χ1n) is 5.71. The van der Waals surface area contributed by atoms with E-state index in [-0.39, 0.29) is 29.4 Å². The Kier molecular flexibility index (Phi) is 5.57. The van der Waals surface area contributed by atoms with Gasteiger partial charge < -0.3 is 15.8 Å². The first kappa shape index (κ1) is 15.2. The molecular formula is C12H15ClFN3O2. The molecule has 0 aliphatic heterocycles. The molecule has 3 N–H and O–H groups in total. The Bertz CT molecular complexity index is 474. The Morgan fingerprint density at radius 3 is 2.79 bits per heavy atom. The normalized spacial score (nSPS) is 11.4. The number of nitrogens with zero attached hydrogens (tertiary/aromatic N) is 2. The third kappa shape index (κ3) is 3.82. The summed E-state index contributed by atoms with van der Waals surface area (Å²) in [5.41, 5.74) is 5.17. The number of oxime groups is 1. The molecule has 0 bridgehead atoms. The molecule has 1 aromatic carbocycles. The molecule has 0 saturated carbocycles. The first-order valence-corrected chi connectivity index (χ1v) is 6.08. The zero-order valence-corrected chi connectivity index (χ0v) is 11.2. The van der Waals surface area contributed by atoms with E-state index in [0.717, 1.165) is 0 Å². The van der Waals surface area contributed by atoms with Crippen molar-refractivity contribution in [2.75, 3.05) is 13.1 Å². The maximum absolute atomic E-state index is 13.6. The van der Waals surface area contributed by atoms with E-state index in [1.54, 1.807) is 6.92 Å². The lowest BCUT2D eigenvalue weighted by atomic mass is 10.1. The number of benzene rings is 1. The van der Waals surface area contributed by atoms with E-state index in [9.17, 15) is 9.18 Å². The Labute approximate surface area is 115 Å². The van der Waals surface area contributed by atoms with Gasteiger partial charge in [-0.2, -0.15) is 0 Å². The highest BCUT2D eigenvalue weighted by molar-refractivity contribution is 6.33. The number of carbonyl (C=O) groups is 1. The lowest BCUT2D eigenvalue weighted by Crippen LogP contribution is -2.34. The van der Waals surface area contributed by atoms with Crippen LogP contribution in [0.2, 0.25) is 5.02 Å². The van der Waals surface area contributed by atoms with Crippen LogP contribution in [0.5, 0.6) is 0 Å². The second-order valence-corrected chi connectivity index (χ2v) is 4.23. The summed E-state index contributed by atoms with van der Waals surface area (Å²) in [6.07, 6.45) is 0.197. The molecule has 0 unspecified atom stereocenters. The van der Waals surface area contributed by atoms with Crippen molar-refractivity contribution < 1.29 is 14.4 Å². The second kappa shape index (κ2) is 6.94. The van der Waals surface area contributed by atoms with Gasteiger partial charge in [0, 0.05) is 19.5 Å². The molecule has 0 atom stereocenters. The topological polar surface area (TPSA) is 78.9 Å². The minimum absolute atomic E-state index is 0.00544. The molecule has 0 saturated heterocycles. The fourth-order valence-electron chi connectivity index (χ4n) is 1.56. The van der Waals surface area contributed by atoms with E-state index in [1.807, 2.05) is 0 Å². The molecule has 1 amide bonds. The molecular weight excluding hydrogens is 273 g/mol. The number of hydrogen-bond donors (Lipinski definition) is 2. The lowest BCUT2D eigenvalue weighted by Gasteiger charge is -2.21. The molecule has 7 heteroatoms. The van der Waals surface area contributed by atoms with Crippen LogP contribution in [-0.2, 0) is 0 Å². The highest BCUT2D eigenvalue weighted by Crippen LogP contribution is 2.20. The van der Waals surface area contributed by atoms with Crippen LogP contribution in [0.3, 0.4) is 0 Å². The summed E-state index contributed by atoms with van der Waals surface area (Å²) in [4.78, 5) is 13.6. The number of nitrogens with two attached hydrogens (primary N) is 1. The molecule has 19 heavy (non-hydrogen) atoms. The molecule has 0 spiro atoms. The van der Waals surface area contributed by atoms with Crippen LogP contribution >= 0.6 is 11.6 Å². The monoisotopic (exact) mass is 287 g/mol. The van der Waals surface area contributed by atoms with Crippen molar-refractivity contribution in [2.45, 2.75) is 13.3 Å². The molecule has 0 heterocycles. The first-order chi connectivity index (χ1) is 9.01. The maximum Gasteiger partial charge on any atom is 0.258 e. The number of halogens is 2. The Morgan fingerprint density at radius 1 is 1.58 bits per heavy atom. The van der Waals surface area contributed by atoms with E-state index < -0.39 is 11.7 Å². The number of hydrogen-bond acceptors (Lipinski definition) is 3. The summed E-state index contributed by atoms with van der Waals surface area (Å²) in [5, 5.41) is 11.3. The molecule has 0 aromatic heterocycles. The van der Waals surface area contributed by atoms with Gasteiger partial charge in [0.05, 0.1) is 10.6 Å². The van der Waals surface area contributed by atoms with Gasteiger partial charge in [0.1, 0.15) is 11.7 Å².